The fraction of sp³-hybridized carbons (Fsp3) is 0.160. The molecular weight excluding hydrogens is 441 g/mol. The van der Waals surface area contributed by atoms with E-state index in [0.29, 0.717) is 34.1 Å². The minimum atomic E-state index is -0.324. The number of para-hydroxylation sites is 1. The Labute approximate surface area is 194 Å². The molecule has 0 aliphatic rings. The fourth-order valence-corrected chi connectivity index (χ4v) is 4.12. The Hall–Kier alpha value is -3.65. The summed E-state index contributed by atoms with van der Waals surface area (Å²) in [7, 11) is 0. The van der Waals surface area contributed by atoms with Gasteiger partial charge in [0.15, 0.2) is 5.16 Å². The van der Waals surface area contributed by atoms with E-state index in [1.165, 1.54) is 28.5 Å². The van der Waals surface area contributed by atoms with Gasteiger partial charge in [0.05, 0.1) is 29.0 Å². The molecule has 0 spiro atoms. The smallest absolute Gasteiger partial charge is 0.266 e. The van der Waals surface area contributed by atoms with E-state index in [-0.39, 0.29) is 29.6 Å². The van der Waals surface area contributed by atoms with E-state index in [1.807, 2.05) is 13.0 Å². The van der Waals surface area contributed by atoms with Crippen molar-refractivity contribution in [2.24, 2.45) is 0 Å². The summed E-state index contributed by atoms with van der Waals surface area (Å²) < 4.78 is 20.0. The van der Waals surface area contributed by atoms with Crippen molar-refractivity contribution >= 4 is 28.6 Å². The molecule has 0 aliphatic carbocycles. The number of benzene rings is 3. The van der Waals surface area contributed by atoms with Gasteiger partial charge in [-0.2, -0.15) is 0 Å². The van der Waals surface area contributed by atoms with E-state index in [9.17, 15) is 14.0 Å². The third-order valence-corrected chi connectivity index (χ3v) is 5.82. The largest absolute Gasteiger partial charge is 0.494 e. The van der Waals surface area contributed by atoms with Crippen LogP contribution in [-0.2, 0) is 11.3 Å². The maximum Gasteiger partial charge on any atom is 0.266 e. The number of nitrogens with one attached hydrogen (secondary N) is 1. The standard InChI is InChI=1S/C25H22FN3O3S/c1-2-32-20-13-11-19(12-14-20)29-24(31)21-5-3-4-6-22(21)28-25(29)33-16-23(30)27-15-17-7-9-18(26)10-8-17/h3-14H,2,15-16H2,1H3,(H,27,30). The molecule has 0 radical (unpaired) electrons. The third-order valence-electron chi connectivity index (χ3n) is 4.89. The molecule has 1 aromatic heterocycles. The number of hydrogen-bond acceptors (Lipinski definition) is 5. The first-order valence-corrected chi connectivity index (χ1v) is 11.4. The minimum absolute atomic E-state index is 0.0724. The lowest BCUT2D eigenvalue weighted by Gasteiger charge is -2.14. The summed E-state index contributed by atoms with van der Waals surface area (Å²) in [5, 5.41) is 3.72. The number of thioether (sulfide) groups is 1. The number of fused-ring (bicyclic) bond motifs is 1. The molecule has 8 heteroatoms. The number of hydrogen-bond donors (Lipinski definition) is 1. The highest BCUT2D eigenvalue weighted by Crippen LogP contribution is 2.23. The Morgan fingerprint density at radius 3 is 2.52 bits per heavy atom. The molecule has 1 amide bonds. The molecule has 0 atom stereocenters. The third kappa shape index (κ3) is 5.40. The van der Waals surface area contributed by atoms with Crippen LogP contribution in [0.1, 0.15) is 12.5 Å². The average molecular weight is 464 g/mol. The second-order valence-corrected chi connectivity index (χ2v) is 8.11. The lowest BCUT2D eigenvalue weighted by molar-refractivity contribution is -0.118. The zero-order chi connectivity index (χ0) is 23.2. The molecule has 0 saturated carbocycles. The molecule has 0 aliphatic heterocycles. The monoisotopic (exact) mass is 463 g/mol. The number of ether oxygens (including phenoxy) is 1. The molecule has 168 valence electrons. The van der Waals surface area contributed by atoms with E-state index in [1.54, 1.807) is 54.6 Å². The zero-order valence-corrected chi connectivity index (χ0v) is 18.8. The van der Waals surface area contributed by atoms with Crippen molar-refractivity contribution in [2.75, 3.05) is 12.4 Å². The molecule has 6 nitrogen and oxygen atoms in total. The quantitative estimate of drug-likeness (QED) is 0.311. The summed E-state index contributed by atoms with van der Waals surface area (Å²) >= 11 is 1.18. The van der Waals surface area contributed by atoms with Crippen molar-refractivity contribution in [2.45, 2.75) is 18.6 Å². The van der Waals surface area contributed by atoms with Crippen LogP contribution in [0.2, 0.25) is 0 Å². The lowest BCUT2D eigenvalue weighted by atomic mass is 10.2. The van der Waals surface area contributed by atoms with Crippen LogP contribution in [0.4, 0.5) is 4.39 Å². The van der Waals surface area contributed by atoms with Crippen molar-refractivity contribution in [3.05, 3.63) is 94.5 Å². The lowest BCUT2D eigenvalue weighted by Crippen LogP contribution is -2.26. The van der Waals surface area contributed by atoms with Crippen LogP contribution in [0, 0.1) is 5.82 Å². The summed E-state index contributed by atoms with van der Waals surface area (Å²) in [5.41, 5.74) is 1.79. The van der Waals surface area contributed by atoms with Gasteiger partial charge in [0.25, 0.3) is 5.56 Å². The second-order valence-electron chi connectivity index (χ2n) is 7.17. The Kier molecular flexibility index (Phi) is 7.04. The average Bonchev–Trinajstić information content (AvgIpc) is 2.83. The highest BCUT2D eigenvalue weighted by molar-refractivity contribution is 7.99. The van der Waals surface area contributed by atoms with Crippen molar-refractivity contribution in [1.29, 1.82) is 0 Å². The van der Waals surface area contributed by atoms with Crippen molar-refractivity contribution < 1.29 is 13.9 Å². The van der Waals surface area contributed by atoms with Crippen LogP contribution in [0.3, 0.4) is 0 Å². The van der Waals surface area contributed by atoms with Gasteiger partial charge in [-0.25, -0.2) is 9.37 Å². The van der Waals surface area contributed by atoms with Gasteiger partial charge < -0.3 is 10.1 Å². The van der Waals surface area contributed by atoms with Crippen LogP contribution < -0.4 is 15.6 Å². The first-order valence-electron chi connectivity index (χ1n) is 10.4. The Morgan fingerprint density at radius 2 is 1.79 bits per heavy atom. The minimum Gasteiger partial charge on any atom is -0.494 e. The van der Waals surface area contributed by atoms with Crippen LogP contribution in [0.15, 0.2) is 82.7 Å². The summed E-state index contributed by atoms with van der Waals surface area (Å²) in [4.78, 5) is 30.4. The fourth-order valence-electron chi connectivity index (χ4n) is 3.28. The molecule has 0 unspecified atom stereocenters. The first kappa shape index (κ1) is 22.5. The molecule has 4 rings (SSSR count). The van der Waals surface area contributed by atoms with Crippen molar-refractivity contribution in [3.63, 3.8) is 0 Å². The van der Waals surface area contributed by atoms with Crippen molar-refractivity contribution in [3.8, 4) is 11.4 Å². The molecule has 33 heavy (non-hydrogen) atoms. The maximum absolute atomic E-state index is 13.3. The molecule has 0 bridgehead atoms. The van der Waals surface area contributed by atoms with E-state index >= 15 is 0 Å². The van der Waals surface area contributed by atoms with Gasteiger partial charge in [-0.3, -0.25) is 14.2 Å². The molecule has 1 heterocycles. The number of rotatable bonds is 8. The van der Waals surface area contributed by atoms with Crippen molar-refractivity contribution in [1.82, 2.24) is 14.9 Å². The first-order chi connectivity index (χ1) is 16.0. The highest BCUT2D eigenvalue weighted by atomic mass is 32.2. The number of carbonyl (C=O) groups excluding carboxylic acids is 1. The summed E-state index contributed by atoms with van der Waals surface area (Å²) in [5.74, 6) is 0.237. The molecule has 4 aromatic rings. The van der Waals surface area contributed by atoms with E-state index in [0.717, 1.165) is 5.56 Å². The highest BCUT2D eigenvalue weighted by Gasteiger charge is 2.15. The number of carbonyl (C=O) groups is 1. The SMILES string of the molecule is CCOc1ccc(-n2c(SCC(=O)NCc3ccc(F)cc3)nc3ccccc3c2=O)cc1. The summed E-state index contributed by atoms with van der Waals surface area (Å²) in [6.45, 7) is 2.74. The van der Waals surface area contributed by atoms with Crippen LogP contribution in [0.5, 0.6) is 5.75 Å². The van der Waals surface area contributed by atoms with Gasteiger partial charge in [0.2, 0.25) is 5.91 Å². The zero-order valence-electron chi connectivity index (χ0n) is 18.0. The van der Waals surface area contributed by atoms with Gasteiger partial charge in [-0.1, -0.05) is 36.0 Å². The molecule has 0 fully saturated rings. The van der Waals surface area contributed by atoms with Crippen LogP contribution in [-0.4, -0.2) is 27.8 Å². The number of halogens is 1. The number of amides is 1. The van der Waals surface area contributed by atoms with Gasteiger partial charge in [0.1, 0.15) is 11.6 Å². The predicted molar refractivity (Wildman–Crippen MR) is 127 cm³/mol. The van der Waals surface area contributed by atoms with Gasteiger partial charge in [-0.05, 0) is 61.0 Å². The molecule has 3 aromatic carbocycles. The van der Waals surface area contributed by atoms with Gasteiger partial charge >= 0.3 is 0 Å². The van der Waals surface area contributed by atoms with E-state index < -0.39 is 0 Å². The topological polar surface area (TPSA) is 73.2 Å². The predicted octanol–water partition coefficient (Wildman–Crippen LogP) is 4.33. The Balaban J connectivity index is 1.57. The van der Waals surface area contributed by atoms with E-state index in [4.69, 9.17) is 4.74 Å². The van der Waals surface area contributed by atoms with Gasteiger partial charge in [0, 0.05) is 6.54 Å². The van der Waals surface area contributed by atoms with Crippen LogP contribution >= 0.6 is 11.8 Å². The number of nitrogens with zero attached hydrogens (tertiary/aromatic N) is 2. The summed E-state index contributed by atoms with van der Waals surface area (Å²) in [6, 6.07) is 20.3. The van der Waals surface area contributed by atoms with Crippen LogP contribution in [0.25, 0.3) is 16.6 Å². The molecule has 0 saturated heterocycles. The van der Waals surface area contributed by atoms with Gasteiger partial charge in [-0.15, -0.1) is 0 Å². The molecular formula is C25H22FN3O3S. The Morgan fingerprint density at radius 1 is 1.06 bits per heavy atom. The molecule has 1 N–H and O–H groups in total. The maximum atomic E-state index is 13.3. The second kappa shape index (κ2) is 10.3. The normalized spacial score (nSPS) is 10.8. The number of aromatic nitrogens is 2. The summed E-state index contributed by atoms with van der Waals surface area (Å²) in [6.07, 6.45) is 0. The Bertz CT molecular complexity index is 1320. The van der Waals surface area contributed by atoms with E-state index in [2.05, 4.69) is 10.3 Å².